The van der Waals surface area contributed by atoms with Crippen molar-refractivity contribution in [2.24, 2.45) is 23.5 Å². The Kier molecular flexibility index (Phi) is 5.80. The summed E-state index contributed by atoms with van der Waals surface area (Å²) in [5, 5.41) is 0. The molecule has 3 atom stereocenters. The molecule has 1 saturated carbocycles. The molecule has 1 aliphatic carbocycles. The summed E-state index contributed by atoms with van der Waals surface area (Å²) in [6, 6.07) is 0.188. The predicted octanol–water partition coefficient (Wildman–Crippen LogP) is 2.00. The first kappa shape index (κ1) is 17.7. The van der Waals surface area contributed by atoms with Crippen LogP contribution < -0.4 is 5.73 Å². The number of nitrogens with two attached hydrogens (primary N) is 1. The molecule has 5 heteroatoms. The Morgan fingerprint density at radius 3 is 2.21 bits per heavy atom. The number of nitrogens with zero attached hydrogens (tertiary/aromatic N) is 2. The second-order valence-corrected chi connectivity index (χ2v) is 8.25. The maximum Gasteiger partial charge on any atom is 0.225 e. The third-order valence-corrected chi connectivity index (χ3v) is 6.19. The van der Waals surface area contributed by atoms with Crippen LogP contribution in [-0.2, 0) is 9.59 Å². The Balaban J connectivity index is 1.48. The molecule has 0 spiro atoms. The van der Waals surface area contributed by atoms with Crippen LogP contribution in [0.3, 0.4) is 0 Å². The van der Waals surface area contributed by atoms with Crippen molar-refractivity contribution in [2.75, 3.05) is 26.2 Å². The summed E-state index contributed by atoms with van der Waals surface area (Å²) < 4.78 is 0. The summed E-state index contributed by atoms with van der Waals surface area (Å²) in [6.45, 7) is 5.55. The van der Waals surface area contributed by atoms with Gasteiger partial charge in [-0.1, -0.05) is 13.3 Å². The van der Waals surface area contributed by atoms with Gasteiger partial charge in [-0.05, 0) is 50.9 Å². The average molecular weight is 335 g/mol. The summed E-state index contributed by atoms with van der Waals surface area (Å²) >= 11 is 0. The minimum atomic E-state index is 0.115. The predicted molar refractivity (Wildman–Crippen MR) is 94.2 cm³/mol. The first-order valence-corrected chi connectivity index (χ1v) is 9.87. The highest BCUT2D eigenvalue weighted by molar-refractivity contribution is 5.81. The van der Waals surface area contributed by atoms with Gasteiger partial charge in [0.15, 0.2) is 0 Å². The minimum absolute atomic E-state index is 0.115. The lowest BCUT2D eigenvalue weighted by atomic mass is 9.84. The molecular weight excluding hydrogens is 302 g/mol. The zero-order valence-corrected chi connectivity index (χ0v) is 15.1. The Morgan fingerprint density at radius 2 is 1.54 bits per heavy atom. The summed E-state index contributed by atoms with van der Waals surface area (Å²) in [7, 11) is 0. The van der Waals surface area contributed by atoms with Gasteiger partial charge >= 0.3 is 0 Å². The van der Waals surface area contributed by atoms with Gasteiger partial charge in [0.2, 0.25) is 11.8 Å². The van der Waals surface area contributed by atoms with E-state index in [1.165, 1.54) is 6.42 Å². The second-order valence-electron chi connectivity index (χ2n) is 8.25. The number of hydrogen-bond acceptors (Lipinski definition) is 3. The fourth-order valence-electron chi connectivity index (χ4n) is 4.70. The Labute approximate surface area is 145 Å². The van der Waals surface area contributed by atoms with Crippen molar-refractivity contribution in [1.82, 2.24) is 9.80 Å². The molecule has 136 valence electrons. The molecule has 2 amide bonds. The van der Waals surface area contributed by atoms with Crippen molar-refractivity contribution in [3.05, 3.63) is 0 Å². The molecule has 0 radical (unpaired) electrons. The highest BCUT2D eigenvalue weighted by atomic mass is 16.2. The normalized spacial score (nSPS) is 32.7. The van der Waals surface area contributed by atoms with Crippen LogP contribution in [0.4, 0.5) is 0 Å². The fraction of sp³-hybridized carbons (Fsp3) is 0.895. The topological polar surface area (TPSA) is 66.6 Å². The summed E-state index contributed by atoms with van der Waals surface area (Å²) in [5.74, 6) is 1.47. The highest BCUT2D eigenvalue weighted by Gasteiger charge is 2.34. The van der Waals surface area contributed by atoms with E-state index in [0.29, 0.717) is 11.8 Å². The van der Waals surface area contributed by atoms with Crippen LogP contribution in [0.1, 0.15) is 58.3 Å². The van der Waals surface area contributed by atoms with Gasteiger partial charge in [-0.3, -0.25) is 9.59 Å². The van der Waals surface area contributed by atoms with Gasteiger partial charge in [0.1, 0.15) is 0 Å². The van der Waals surface area contributed by atoms with E-state index in [1.807, 2.05) is 4.90 Å². The van der Waals surface area contributed by atoms with Gasteiger partial charge in [0.25, 0.3) is 0 Å². The molecule has 0 aromatic heterocycles. The van der Waals surface area contributed by atoms with Gasteiger partial charge in [-0.25, -0.2) is 0 Å². The number of carbonyl (C=O) groups excluding carboxylic acids is 2. The molecular formula is C19H33N3O2. The van der Waals surface area contributed by atoms with Crippen LogP contribution in [0.15, 0.2) is 0 Å². The Bertz CT molecular complexity index is 418. The van der Waals surface area contributed by atoms with Crippen molar-refractivity contribution < 1.29 is 9.59 Å². The SMILES string of the molecule is CC1CCCN(C(=O)C2CCN(C(=O)C3CCCC(N)C3)CC2)C1. The molecule has 5 nitrogen and oxygen atoms in total. The fourth-order valence-corrected chi connectivity index (χ4v) is 4.70. The monoisotopic (exact) mass is 335 g/mol. The molecule has 0 bridgehead atoms. The minimum Gasteiger partial charge on any atom is -0.342 e. The molecule has 3 unspecified atom stereocenters. The third-order valence-electron chi connectivity index (χ3n) is 6.19. The quantitative estimate of drug-likeness (QED) is 0.839. The van der Waals surface area contributed by atoms with Gasteiger partial charge < -0.3 is 15.5 Å². The zero-order valence-electron chi connectivity index (χ0n) is 15.1. The standard InChI is InChI=1S/C19H33N3O2/c1-14-4-3-9-22(13-14)18(23)15-7-10-21(11-8-15)19(24)16-5-2-6-17(20)12-16/h14-17H,2-13,20H2,1H3. The highest BCUT2D eigenvalue weighted by Crippen LogP contribution is 2.28. The van der Waals surface area contributed by atoms with Crippen molar-refractivity contribution in [3.8, 4) is 0 Å². The Morgan fingerprint density at radius 1 is 0.833 bits per heavy atom. The van der Waals surface area contributed by atoms with Gasteiger partial charge in [-0.2, -0.15) is 0 Å². The molecule has 2 heterocycles. The maximum absolute atomic E-state index is 12.7. The van der Waals surface area contributed by atoms with E-state index in [9.17, 15) is 9.59 Å². The summed E-state index contributed by atoms with van der Waals surface area (Å²) in [6.07, 6.45) is 7.96. The lowest BCUT2D eigenvalue weighted by Gasteiger charge is -2.38. The lowest BCUT2D eigenvalue weighted by molar-refractivity contribution is -0.144. The molecule has 2 saturated heterocycles. The van der Waals surface area contributed by atoms with E-state index in [-0.39, 0.29) is 23.8 Å². The maximum atomic E-state index is 12.7. The van der Waals surface area contributed by atoms with Crippen molar-refractivity contribution in [1.29, 1.82) is 0 Å². The first-order valence-electron chi connectivity index (χ1n) is 9.87. The van der Waals surface area contributed by atoms with Crippen LogP contribution in [-0.4, -0.2) is 53.8 Å². The van der Waals surface area contributed by atoms with Gasteiger partial charge in [0, 0.05) is 44.1 Å². The van der Waals surface area contributed by atoms with Crippen LogP contribution in [0.5, 0.6) is 0 Å². The van der Waals surface area contributed by atoms with Crippen LogP contribution in [0, 0.1) is 17.8 Å². The molecule has 2 aliphatic heterocycles. The molecule has 3 fully saturated rings. The van der Waals surface area contributed by atoms with E-state index >= 15 is 0 Å². The average Bonchev–Trinajstić information content (AvgIpc) is 2.60. The van der Waals surface area contributed by atoms with Gasteiger partial charge in [0.05, 0.1) is 0 Å². The largest absolute Gasteiger partial charge is 0.342 e. The number of piperidine rings is 2. The molecule has 3 rings (SSSR count). The number of likely N-dealkylation sites (tertiary alicyclic amines) is 2. The molecule has 0 aromatic rings. The number of hydrogen-bond donors (Lipinski definition) is 1. The zero-order chi connectivity index (χ0) is 17.1. The third kappa shape index (κ3) is 4.11. The van der Waals surface area contributed by atoms with Crippen molar-refractivity contribution in [2.45, 2.75) is 64.3 Å². The molecule has 24 heavy (non-hydrogen) atoms. The number of rotatable bonds is 2. The van der Waals surface area contributed by atoms with E-state index in [2.05, 4.69) is 11.8 Å². The Hall–Kier alpha value is -1.10. The van der Waals surface area contributed by atoms with E-state index in [4.69, 9.17) is 5.73 Å². The van der Waals surface area contributed by atoms with Crippen LogP contribution in [0.2, 0.25) is 0 Å². The number of carbonyl (C=O) groups is 2. The summed E-state index contributed by atoms with van der Waals surface area (Å²) in [4.78, 5) is 29.5. The van der Waals surface area contributed by atoms with Crippen molar-refractivity contribution in [3.63, 3.8) is 0 Å². The van der Waals surface area contributed by atoms with Gasteiger partial charge in [-0.15, -0.1) is 0 Å². The lowest BCUT2D eigenvalue weighted by Crippen LogP contribution is -2.48. The van der Waals surface area contributed by atoms with Crippen LogP contribution in [0.25, 0.3) is 0 Å². The number of amides is 2. The molecule has 0 aromatic carbocycles. The second kappa shape index (κ2) is 7.85. The first-order chi connectivity index (χ1) is 11.5. The smallest absolute Gasteiger partial charge is 0.225 e. The molecule has 2 N–H and O–H groups in total. The van der Waals surface area contributed by atoms with Crippen LogP contribution >= 0.6 is 0 Å². The van der Waals surface area contributed by atoms with E-state index in [1.54, 1.807) is 0 Å². The summed E-state index contributed by atoms with van der Waals surface area (Å²) in [5.41, 5.74) is 6.03. The van der Waals surface area contributed by atoms with E-state index in [0.717, 1.165) is 71.1 Å². The molecule has 3 aliphatic rings. The van der Waals surface area contributed by atoms with E-state index < -0.39 is 0 Å². The van der Waals surface area contributed by atoms with Crippen molar-refractivity contribution >= 4 is 11.8 Å².